The van der Waals surface area contributed by atoms with Gasteiger partial charge in [0, 0.05) is 30.3 Å². The predicted molar refractivity (Wildman–Crippen MR) is 110 cm³/mol. The number of aromatic nitrogens is 2. The third kappa shape index (κ3) is 4.05. The molecule has 1 N–H and O–H groups in total. The summed E-state index contributed by atoms with van der Waals surface area (Å²) in [5.41, 5.74) is 0.551. The molecular weight excluding hydrogens is 384 g/mol. The van der Waals surface area contributed by atoms with Gasteiger partial charge in [0.25, 0.3) is 5.56 Å². The summed E-state index contributed by atoms with van der Waals surface area (Å²) in [6.45, 7) is 6.61. The number of thiophene rings is 1. The smallest absolute Gasteiger partial charge is 0.262 e. The minimum atomic E-state index is -0.574. The topological polar surface area (TPSA) is 59.6 Å². The third-order valence-corrected chi connectivity index (χ3v) is 6.90. The lowest BCUT2D eigenvalue weighted by atomic mass is 9.93. The van der Waals surface area contributed by atoms with Crippen LogP contribution in [0.2, 0.25) is 0 Å². The number of carbonyl (C=O) groups excluding carboxylic acids is 1. The summed E-state index contributed by atoms with van der Waals surface area (Å²) in [7, 11) is 4.22. The van der Waals surface area contributed by atoms with Gasteiger partial charge in [0.2, 0.25) is 5.91 Å². The number of hydrogen-bond acceptors (Lipinski definition) is 4. The molecule has 0 radical (unpaired) electrons. The molecule has 0 atom stereocenters. The molecule has 27 heavy (non-hydrogen) atoms. The molecule has 1 aliphatic rings. The number of aryl methyl sites for hydroxylation is 1. The Morgan fingerprint density at radius 1 is 1.41 bits per heavy atom. The van der Waals surface area contributed by atoms with Gasteiger partial charge in [0.15, 0.2) is 0 Å². The molecule has 148 valence electrons. The van der Waals surface area contributed by atoms with Gasteiger partial charge in [0.05, 0.1) is 44.3 Å². The standard InChI is InChI=1S/C19H27ClN4O2S/c1-19(2,11-20)18(26)23-9-6-13-14(10-23)27-16-15(13)17(25)24(12-21-16)8-5-7-22(3)4/h12H,5-11H2,1-4H3/p+1. The molecular formula is C19H28ClN4O2S+. The van der Waals surface area contributed by atoms with E-state index in [-0.39, 0.29) is 11.5 Å². The largest absolute Gasteiger partial charge is 0.340 e. The summed E-state index contributed by atoms with van der Waals surface area (Å²) in [5.74, 6) is 0.361. The monoisotopic (exact) mass is 411 g/mol. The van der Waals surface area contributed by atoms with Crippen LogP contribution in [0, 0.1) is 5.41 Å². The summed E-state index contributed by atoms with van der Waals surface area (Å²) in [6, 6.07) is 0. The number of nitrogens with zero attached hydrogens (tertiary/aromatic N) is 3. The Morgan fingerprint density at radius 2 is 2.15 bits per heavy atom. The highest BCUT2D eigenvalue weighted by Crippen LogP contribution is 2.34. The number of halogens is 1. The van der Waals surface area contributed by atoms with Crippen LogP contribution in [0.4, 0.5) is 0 Å². The van der Waals surface area contributed by atoms with Crippen LogP contribution in [0.25, 0.3) is 10.2 Å². The molecule has 0 spiro atoms. The highest BCUT2D eigenvalue weighted by Gasteiger charge is 2.34. The minimum absolute atomic E-state index is 0.0483. The maximum atomic E-state index is 13.0. The Kier molecular flexibility index (Phi) is 5.93. The lowest BCUT2D eigenvalue weighted by Gasteiger charge is -2.33. The van der Waals surface area contributed by atoms with Gasteiger partial charge in [-0.3, -0.25) is 14.2 Å². The van der Waals surface area contributed by atoms with Gasteiger partial charge in [-0.25, -0.2) is 4.98 Å². The van der Waals surface area contributed by atoms with Crippen LogP contribution in [0.3, 0.4) is 0 Å². The van der Waals surface area contributed by atoms with Crippen molar-refractivity contribution in [2.24, 2.45) is 5.41 Å². The molecule has 3 rings (SSSR count). The molecule has 0 aromatic carbocycles. The second-order valence-corrected chi connectivity index (χ2v) is 9.58. The lowest BCUT2D eigenvalue weighted by Crippen LogP contribution is -3.05. The van der Waals surface area contributed by atoms with E-state index in [4.69, 9.17) is 11.6 Å². The molecule has 8 heteroatoms. The molecule has 1 aliphatic heterocycles. The van der Waals surface area contributed by atoms with Crippen molar-refractivity contribution in [2.45, 2.75) is 39.8 Å². The average molecular weight is 412 g/mol. The fourth-order valence-corrected chi connectivity index (χ4v) is 4.75. The Balaban J connectivity index is 1.87. The predicted octanol–water partition coefficient (Wildman–Crippen LogP) is 1.14. The summed E-state index contributed by atoms with van der Waals surface area (Å²) in [5, 5.41) is 0.749. The molecule has 3 heterocycles. The first kappa shape index (κ1) is 20.3. The zero-order valence-corrected chi connectivity index (χ0v) is 18.0. The molecule has 0 unspecified atom stereocenters. The Labute approximate surface area is 168 Å². The Hall–Kier alpha value is -1.44. The fraction of sp³-hybridized carbons (Fsp3) is 0.632. The van der Waals surface area contributed by atoms with Crippen molar-refractivity contribution in [3.8, 4) is 0 Å². The van der Waals surface area contributed by atoms with Crippen LogP contribution in [0.5, 0.6) is 0 Å². The number of amides is 1. The van der Waals surface area contributed by atoms with Crippen LogP contribution >= 0.6 is 22.9 Å². The molecule has 2 aromatic heterocycles. The van der Waals surface area contributed by atoms with Gasteiger partial charge >= 0.3 is 0 Å². The first-order valence-corrected chi connectivity index (χ1v) is 10.7. The number of carbonyl (C=O) groups is 1. The van der Waals surface area contributed by atoms with Crippen LogP contribution in [0.1, 0.15) is 30.7 Å². The molecule has 0 fully saturated rings. The van der Waals surface area contributed by atoms with E-state index in [1.54, 1.807) is 10.9 Å². The first-order chi connectivity index (χ1) is 12.7. The van der Waals surface area contributed by atoms with Crippen molar-refractivity contribution in [1.29, 1.82) is 0 Å². The maximum Gasteiger partial charge on any atom is 0.262 e. The maximum absolute atomic E-state index is 13.0. The van der Waals surface area contributed by atoms with Crippen LogP contribution in [-0.4, -0.2) is 53.4 Å². The molecule has 0 aliphatic carbocycles. The van der Waals surface area contributed by atoms with Crippen molar-refractivity contribution in [2.75, 3.05) is 33.1 Å². The fourth-order valence-electron chi connectivity index (χ4n) is 3.44. The molecule has 2 aromatic rings. The minimum Gasteiger partial charge on any atom is -0.340 e. The number of fused-ring (bicyclic) bond motifs is 3. The lowest BCUT2D eigenvalue weighted by molar-refractivity contribution is -0.858. The normalized spacial score (nSPS) is 14.8. The molecule has 0 bridgehead atoms. The molecule has 6 nitrogen and oxygen atoms in total. The zero-order chi connectivity index (χ0) is 19.8. The van der Waals surface area contributed by atoms with Gasteiger partial charge in [-0.15, -0.1) is 22.9 Å². The Morgan fingerprint density at radius 3 is 2.81 bits per heavy atom. The molecule has 0 saturated carbocycles. The first-order valence-electron chi connectivity index (χ1n) is 9.38. The van der Waals surface area contributed by atoms with Crippen molar-refractivity contribution in [1.82, 2.24) is 14.5 Å². The SMILES string of the molecule is C[NH+](C)CCCn1cnc2sc3c(c2c1=O)CCN(C(=O)C(C)(C)CCl)C3. The quantitative estimate of drug-likeness (QED) is 0.725. The van der Waals surface area contributed by atoms with E-state index in [0.717, 1.165) is 33.6 Å². The van der Waals surface area contributed by atoms with Crippen LogP contribution < -0.4 is 10.5 Å². The van der Waals surface area contributed by atoms with E-state index >= 15 is 0 Å². The van der Waals surface area contributed by atoms with Crippen molar-refractivity contribution in [3.05, 3.63) is 27.1 Å². The average Bonchev–Trinajstić information content (AvgIpc) is 3.01. The van der Waals surface area contributed by atoms with Gasteiger partial charge in [0.1, 0.15) is 4.83 Å². The highest BCUT2D eigenvalue weighted by molar-refractivity contribution is 7.18. The molecule has 1 amide bonds. The van der Waals surface area contributed by atoms with Crippen molar-refractivity contribution in [3.63, 3.8) is 0 Å². The van der Waals surface area contributed by atoms with E-state index in [9.17, 15) is 9.59 Å². The van der Waals surface area contributed by atoms with E-state index in [0.29, 0.717) is 31.9 Å². The second-order valence-electron chi connectivity index (χ2n) is 8.23. The highest BCUT2D eigenvalue weighted by atomic mass is 35.5. The van der Waals surface area contributed by atoms with Gasteiger partial charge in [-0.1, -0.05) is 0 Å². The number of quaternary nitrogens is 1. The Bertz CT molecular complexity index is 903. The number of alkyl halides is 1. The van der Waals surface area contributed by atoms with Crippen molar-refractivity contribution >= 4 is 39.1 Å². The van der Waals surface area contributed by atoms with Crippen LogP contribution in [0.15, 0.2) is 11.1 Å². The summed E-state index contributed by atoms with van der Waals surface area (Å²) >= 11 is 7.51. The van der Waals surface area contributed by atoms with E-state index in [1.165, 1.54) is 16.2 Å². The summed E-state index contributed by atoms with van der Waals surface area (Å²) in [6.07, 6.45) is 3.30. The summed E-state index contributed by atoms with van der Waals surface area (Å²) in [4.78, 5) is 35.3. The van der Waals surface area contributed by atoms with Gasteiger partial charge in [-0.2, -0.15) is 0 Å². The van der Waals surface area contributed by atoms with Gasteiger partial charge < -0.3 is 9.80 Å². The van der Waals surface area contributed by atoms with Gasteiger partial charge in [-0.05, 0) is 25.8 Å². The zero-order valence-electron chi connectivity index (χ0n) is 16.5. The molecule has 0 saturated heterocycles. The third-order valence-electron chi connectivity index (χ3n) is 5.10. The van der Waals surface area contributed by atoms with Crippen molar-refractivity contribution < 1.29 is 9.69 Å². The summed E-state index contributed by atoms with van der Waals surface area (Å²) < 4.78 is 1.73. The van der Waals surface area contributed by atoms with Crippen LogP contribution in [-0.2, 0) is 24.3 Å². The van der Waals surface area contributed by atoms with E-state index in [2.05, 4.69) is 19.1 Å². The number of nitrogens with one attached hydrogen (secondary N) is 1. The second kappa shape index (κ2) is 7.89. The number of rotatable bonds is 6. The van der Waals surface area contributed by atoms with E-state index < -0.39 is 5.41 Å². The number of hydrogen-bond donors (Lipinski definition) is 1. The van der Waals surface area contributed by atoms with E-state index in [1.807, 2.05) is 18.7 Å².